The maximum atomic E-state index is 13.5. The highest BCUT2D eigenvalue weighted by Crippen LogP contribution is 2.53. The molecule has 0 radical (unpaired) electrons. The molecule has 1 aliphatic heterocycles. The van der Waals surface area contributed by atoms with Crippen molar-refractivity contribution in [3.05, 3.63) is 60.2 Å². The number of nitrogens with zero attached hydrogens (tertiary/aromatic N) is 1. The van der Waals surface area contributed by atoms with Gasteiger partial charge in [-0.05, 0) is 66.4 Å². The van der Waals surface area contributed by atoms with E-state index in [1.165, 1.54) is 37.8 Å². The summed E-state index contributed by atoms with van der Waals surface area (Å²) in [7, 11) is 0. The van der Waals surface area contributed by atoms with Crippen molar-refractivity contribution in [3.63, 3.8) is 0 Å². The Morgan fingerprint density at radius 1 is 1.22 bits per heavy atom. The van der Waals surface area contributed by atoms with Crippen LogP contribution in [-0.4, -0.2) is 23.2 Å². The number of ether oxygens (including phenoxy) is 1. The van der Waals surface area contributed by atoms with Gasteiger partial charge < -0.3 is 10.1 Å². The molecule has 2 heterocycles. The molecule has 3 aliphatic rings. The number of amides is 1. The Balaban J connectivity index is 1.41. The predicted molar refractivity (Wildman–Crippen MR) is 123 cm³/mol. The van der Waals surface area contributed by atoms with Gasteiger partial charge in [-0.2, -0.15) is 0 Å². The molecule has 2 aliphatic carbocycles. The third kappa shape index (κ3) is 3.94. The van der Waals surface area contributed by atoms with Crippen LogP contribution in [0.5, 0.6) is 0 Å². The normalized spacial score (nSPS) is 32.0. The smallest absolute Gasteiger partial charge is 0.407 e. The van der Waals surface area contributed by atoms with Gasteiger partial charge in [0.1, 0.15) is 12.4 Å². The standard InChI is InChI=1S/C27H31FN2O2/c1-2-25-24(23-9-4-3-6-19(23)15-27(25)17-32-26(31)30-27)13-12-22-11-10-20(16-29-22)18-7-5-8-21(28)14-18/h5,7-8,10-14,16,19,23-25H,2-4,6,9,15,17H2,1H3,(H,30,31)/b13-12+/t19-,23+,24-,25+,27+/m0/s1. The molecule has 3 fully saturated rings. The third-order valence-electron chi connectivity index (χ3n) is 7.95. The molecule has 1 spiro atoms. The first-order valence-electron chi connectivity index (χ1n) is 11.9. The van der Waals surface area contributed by atoms with Gasteiger partial charge in [-0.15, -0.1) is 0 Å². The summed E-state index contributed by atoms with van der Waals surface area (Å²) in [4.78, 5) is 16.6. The van der Waals surface area contributed by atoms with Gasteiger partial charge >= 0.3 is 6.09 Å². The predicted octanol–water partition coefficient (Wildman–Crippen LogP) is 6.23. The number of pyridine rings is 1. The van der Waals surface area contributed by atoms with Crippen LogP contribution < -0.4 is 5.32 Å². The van der Waals surface area contributed by atoms with Crippen LogP contribution in [0.1, 0.15) is 51.1 Å². The van der Waals surface area contributed by atoms with Gasteiger partial charge in [0.2, 0.25) is 0 Å². The van der Waals surface area contributed by atoms with Gasteiger partial charge in [0, 0.05) is 11.8 Å². The Kier molecular flexibility index (Phi) is 5.75. The Labute approximate surface area is 189 Å². The van der Waals surface area contributed by atoms with Gasteiger partial charge in [-0.25, -0.2) is 9.18 Å². The molecule has 1 aromatic carbocycles. The first-order valence-corrected chi connectivity index (χ1v) is 11.9. The highest BCUT2D eigenvalue weighted by Gasteiger charge is 2.55. The minimum absolute atomic E-state index is 0.242. The van der Waals surface area contributed by atoms with Crippen LogP contribution in [0.3, 0.4) is 0 Å². The molecule has 5 heteroatoms. The molecule has 2 saturated carbocycles. The fourth-order valence-electron chi connectivity index (χ4n) is 6.55. The summed E-state index contributed by atoms with van der Waals surface area (Å²) >= 11 is 0. The molecule has 1 amide bonds. The van der Waals surface area contributed by atoms with Crippen molar-refractivity contribution in [2.45, 2.75) is 51.0 Å². The van der Waals surface area contributed by atoms with Crippen LogP contribution in [0.25, 0.3) is 17.2 Å². The summed E-state index contributed by atoms with van der Waals surface area (Å²) in [5.41, 5.74) is 2.39. The first kappa shape index (κ1) is 21.2. The van der Waals surface area contributed by atoms with Gasteiger partial charge in [0.25, 0.3) is 0 Å². The lowest BCUT2D eigenvalue weighted by molar-refractivity contribution is -0.000906. The van der Waals surface area contributed by atoms with E-state index in [1.54, 1.807) is 6.07 Å². The number of cyclic esters (lactones) is 1. The molecular formula is C27H31FN2O2. The summed E-state index contributed by atoms with van der Waals surface area (Å²) < 4.78 is 19.0. The molecule has 0 bridgehead atoms. The summed E-state index contributed by atoms with van der Waals surface area (Å²) in [5.74, 6) is 1.79. The first-order chi connectivity index (χ1) is 15.6. The summed E-state index contributed by atoms with van der Waals surface area (Å²) in [6.07, 6.45) is 13.1. The topological polar surface area (TPSA) is 51.2 Å². The van der Waals surface area contributed by atoms with E-state index in [-0.39, 0.29) is 17.4 Å². The zero-order valence-electron chi connectivity index (χ0n) is 18.6. The summed E-state index contributed by atoms with van der Waals surface area (Å²) in [6, 6.07) is 10.6. The van der Waals surface area contributed by atoms with E-state index in [2.05, 4.69) is 29.4 Å². The van der Waals surface area contributed by atoms with Gasteiger partial charge in [0.05, 0.1) is 11.2 Å². The molecule has 32 heavy (non-hydrogen) atoms. The monoisotopic (exact) mass is 434 g/mol. The average Bonchev–Trinajstić information content (AvgIpc) is 3.17. The van der Waals surface area contributed by atoms with Crippen LogP contribution in [0, 0.1) is 29.5 Å². The molecular weight excluding hydrogens is 403 g/mol. The number of carbonyl (C=O) groups is 1. The lowest BCUT2D eigenvalue weighted by Gasteiger charge is -2.52. The van der Waals surface area contributed by atoms with Gasteiger partial charge in [-0.3, -0.25) is 4.98 Å². The van der Waals surface area contributed by atoms with Crippen LogP contribution in [0.4, 0.5) is 9.18 Å². The fraction of sp³-hybridized carbons (Fsp3) is 0.481. The summed E-state index contributed by atoms with van der Waals surface area (Å²) in [6.45, 7) is 2.71. The van der Waals surface area contributed by atoms with Crippen LogP contribution in [0.2, 0.25) is 0 Å². The molecule has 1 saturated heterocycles. The van der Waals surface area contributed by atoms with Gasteiger partial charge in [-0.1, -0.05) is 56.9 Å². The molecule has 1 aromatic heterocycles. The number of alkyl carbamates (subject to hydrolysis) is 1. The van der Waals surface area contributed by atoms with E-state index in [0.717, 1.165) is 29.7 Å². The van der Waals surface area contributed by atoms with Crippen molar-refractivity contribution in [1.29, 1.82) is 0 Å². The maximum absolute atomic E-state index is 13.5. The second kappa shape index (κ2) is 8.68. The number of benzene rings is 1. The second-order valence-electron chi connectivity index (χ2n) is 9.70. The molecule has 5 rings (SSSR count). The van der Waals surface area contributed by atoms with Crippen molar-refractivity contribution in [1.82, 2.24) is 10.3 Å². The molecule has 0 unspecified atom stereocenters. The largest absolute Gasteiger partial charge is 0.447 e. The van der Waals surface area contributed by atoms with Crippen molar-refractivity contribution >= 4 is 12.2 Å². The Morgan fingerprint density at radius 3 is 2.81 bits per heavy atom. The quantitative estimate of drug-likeness (QED) is 0.620. The summed E-state index contributed by atoms with van der Waals surface area (Å²) in [5, 5.41) is 3.22. The lowest BCUT2D eigenvalue weighted by Crippen LogP contribution is -2.59. The van der Waals surface area contributed by atoms with E-state index in [9.17, 15) is 9.18 Å². The van der Waals surface area contributed by atoms with Gasteiger partial charge in [0.15, 0.2) is 0 Å². The number of aromatic nitrogens is 1. The SMILES string of the molecule is CC[C@@H]1[C@@H](/C=C/c2ccc(-c3cccc(F)c3)cn2)[C@@H]2CCCC[C@H]2C[C@@]12COC(=O)N2. The minimum Gasteiger partial charge on any atom is -0.447 e. The number of hydrogen-bond donors (Lipinski definition) is 1. The zero-order valence-corrected chi connectivity index (χ0v) is 18.6. The highest BCUT2D eigenvalue weighted by atomic mass is 19.1. The van der Waals surface area contributed by atoms with Crippen molar-refractivity contribution in [3.8, 4) is 11.1 Å². The Bertz CT molecular complexity index is 1000. The lowest BCUT2D eigenvalue weighted by atomic mass is 9.54. The number of allylic oxidation sites excluding steroid dienone is 1. The number of hydrogen-bond acceptors (Lipinski definition) is 3. The van der Waals surface area contributed by atoms with E-state index in [1.807, 2.05) is 24.4 Å². The van der Waals surface area contributed by atoms with Crippen molar-refractivity contribution < 1.29 is 13.9 Å². The Hall–Kier alpha value is -2.69. The molecule has 1 N–H and O–H groups in total. The van der Waals surface area contributed by atoms with Crippen molar-refractivity contribution in [2.75, 3.05) is 6.61 Å². The molecule has 2 aromatic rings. The van der Waals surface area contributed by atoms with Crippen LogP contribution in [0.15, 0.2) is 48.7 Å². The fourth-order valence-corrected chi connectivity index (χ4v) is 6.55. The average molecular weight is 435 g/mol. The van der Waals surface area contributed by atoms with E-state index in [4.69, 9.17) is 4.74 Å². The molecule has 168 valence electrons. The minimum atomic E-state index is -0.268. The highest BCUT2D eigenvalue weighted by molar-refractivity contribution is 5.71. The molecule has 4 nitrogen and oxygen atoms in total. The number of rotatable bonds is 4. The second-order valence-corrected chi connectivity index (χ2v) is 9.70. The van der Waals surface area contributed by atoms with Crippen molar-refractivity contribution in [2.24, 2.45) is 23.7 Å². The number of fused-ring (bicyclic) bond motifs is 1. The third-order valence-corrected chi connectivity index (χ3v) is 7.95. The number of nitrogens with one attached hydrogen (secondary N) is 1. The van der Waals surface area contributed by atoms with E-state index in [0.29, 0.717) is 30.3 Å². The molecule has 5 atom stereocenters. The van der Waals surface area contributed by atoms with E-state index < -0.39 is 0 Å². The van der Waals surface area contributed by atoms with Crippen LogP contribution >= 0.6 is 0 Å². The van der Waals surface area contributed by atoms with Crippen LogP contribution in [-0.2, 0) is 4.74 Å². The Morgan fingerprint density at radius 2 is 2.09 bits per heavy atom. The number of carbonyl (C=O) groups excluding carboxylic acids is 1. The number of halogens is 1. The maximum Gasteiger partial charge on any atom is 0.407 e. The van der Waals surface area contributed by atoms with E-state index >= 15 is 0 Å². The zero-order chi connectivity index (χ0) is 22.1.